The molecule has 0 spiro atoms. The Balaban J connectivity index is 1.84. The number of alkyl halides is 3. The molecule has 0 atom stereocenters. The van der Waals surface area contributed by atoms with Gasteiger partial charge in [0.05, 0.1) is 18.5 Å². The molecule has 1 N–H and O–H groups in total. The van der Waals surface area contributed by atoms with Crippen LogP contribution in [0.4, 0.5) is 18.9 Å². The van der Waals surface area contributed by atoms with Crippen molar-refractivity contribution in [2.45, 2.75) is 6.18 Å². The number of nitrogens with zero attached hydrogens (tertiary/aromatic N) is 4. The van der Waals surface area contributed by atoms with E-state index in [2.05, 4.69) is 20.4 Å². The standard InChI is InChI=1S/C20H12Cl2F3N5O2/c1-32-11-6-4-10(5-7-11)13-9-14(20(23,24)25)30-18(27-13)15(21)16(29-30)19(31)28-12-3-2-8-26-17(12)22/h2-9H,1H3,(H,28,31). The van der Waals surface area contributed by atoms with Crippen molar-refractivity contribution >= 4 is 40.4 Å². The van der Waals surface area contributed by atoms with Gasteiger partial charge in [0.2, 0.25) is 0 Å². The molecule has 0 bridgehead atoms. The number of anilines is 1. The first-order valence-corrected chi connectivity index (χ1v) is 9.67. The molecular weight excluding hydrogens is 470 g/mol. The van der Waals surface area contributed by atoms with Crippen molar-refractivity contribution in [3.63, 3.8) is 0 Å². The van der Waals surface area contributed by atoms with E-state index >= 15 is 0 Å². The number of pyridine rings is 1. The third-order valence-corrected chi connectivity index (χ3v) is 5.08. The zero-order chi connectivity index (χ0) is 23.0. The van der Waals surface area contributed by atoms with Gasteiger partial charge in [-0.05, 0) is 42.5 Å². The minimum Gasteiger partial charge on any atom is -0.497 e. The summed E-state index contributed by atoms with van der Waals surface area (Å²) in [7, 11) is 1.47. The molecule has 0 aliphatic rings. The highest BCUT2D eigenvalue weighted by Gasteiger charge is 2.36. The van der Waals surface area contributed by atoms with Crippen molar-refractivity contribution in [3.05, 3.63) is 70.2 Å². The largest absolute Gasteiger partial charge is 0.497 e. The molecule has 0 saturated carbocycles. The zero-order valence-electron chi connectivity index (χ0n) is 16.1. The van der Waals surface area contributed by atoms with Gasteiger partial charge in [-0.1, -0.05) is 23.2 Å². The summed E-state index contributed by atoms with van der Waals surface area (Å²) in [6.07, 6.45) is -3.38. The average Bonchev–Trinajstić information content (AvgIpc) is 3.10. The second-order valence-corrected chi connectivity index (χ2v) is 7.18. The van der Waals surface area contributed by atoms with Gasteiger partial charge in [0.15, 0.2) is 22.2 Å². The fourth-order valence-corrected chi connectivity index (χ4v) is 3.32. The Morgan fingerprint density at radius 1 is 1.16 bits per heavy atom. The van der Waals surface area contributed by atoms with Crippen LogP contribution >= 0.6 is 23.2 Å². The highest BCUT2D eigenvalue weighted by molar-refractivity contribution is 6.37. The number of nitrogens with one attached hydrogen (secondary N) is 1. The number of amides is 1. The number of hydrogen-bond acceptors (Lipinski definition) is 5. The summed E-state index contributed by atoms with van der Waals surface area (Å²) in [5, 5.41) is 5.85. The first-order chi connectivity index (χ1) is 15.2. The van der Waals surface area contributed by atoms with Gasteiger partial charge in [0, 0.05) is 11.8 Å². The van der Waals surface area contributed by atoms with Crippen molar-refractivity contribution < 1.29 is 22.7 Å². The van der Waals surface area contributed by atoms with Gasteiger partial charge in [-0.2, -0.15) is 18.3 Å². The molecule has 12 heteroatoms. The van der Waals surface area contributed by atoms with Crippen molar-refractivity contribution in [2.75, 3.05) is 12.4 Å². The van der Waals surface area contributed by atoms with E-state index in [1.807, 2.05) is 0 Å². The Labute approximate surface area is 188 Å². The highest BCUT2D eigenvalue weighted by Crippen LogP contribution is 2.35. The third-order valence-electron chi connectivity index (χ3n) is 4.43. The van der Waals surface area contributed by atoms with Crippen molar-refractivity contribution in [1.82, 2.24) is 19.6 Å². The van der Waals surface area contributed by atoms with Gasteiger partial charge < -0.3 is 10.1 Å². The molecule has 4 rings (SSSR count). The number of aromatic nitrogens is 4. The minimum absolute atomic E-state index is 0.00312. The lowest BCUT2D eigenvalue weighted by atomic mass is 10.1. The van der Waals surface area contributed by atoms with Crippen LogP contribution in [0.1, 0.15) is 16.2 Å². The molecule has 4 aromatic rings. The summed E-state index contributed by atoms with van der Waals surface area (Å²) in [5.41, 5.74) is -1.38. The van der Waals surface area contributed by atoms with Crippen molar-refractivity contribution in [1.29, 1.82) is 0 Å². The maximum Gasteiger partial charge on any atom is 0.433 e. The molecule has 0 aliphatic carbocycles. The maximum atomic E-state index is 13.8. The number of hydrogen-bond donors (Lipinski definition) is 1. The van der Waals surface area contributed by atoms with Crippen LogP contribution in [0.15, 0.2) is 48.7 Å². The second kappa shape index (κ2) is 8.29. The van der Waals surface area contributed by atoms with E-state index in [4.69, 9.17) is 27.9 Å². The van der Waals surface area contributed by atoms with Gasteiger partial charge in [-0.25, -0.2) is 14.5 Å². The Kier molecular flexibility index (Phi) is 5.66. The lowest BCUT2D eigenvalue weighted by Crippen LogP contribution is -2.16. The zero-order valence-corrected chi connectivity index (χ0v) is 17.6. The van der Waals surface area contributed by atoms with E-state index < -0.39 is 23.5 Å². The number of benzene rings is 1. The summed E-state index contributed by atoms with van der Waals surface area (Å²) in [6, 6.07) is 10.1. The van der Waals surface area contributed by atoms with Crippen LogP contribution < -0.4 is 10.1 Å². The monoisotopic (exact) mass is 481 g/mol. The highest BCUT2D eigenvalue weighted by atomic mass is 35.5. The molecule has 0 radical (unpaired) electrons. The smallest absolute Gasteiger partial charge is 0.433 e. The lowest BCUT2D eigenvalue weighted by Gasteiger charge is -2.11. The quantitative estimate of drug-likeness (QED) is 0.396. The van der Waals surface area contributed by atoms with E-state index in [-0.39, 0.29) is 27.2 Å². The first kappa shape index (κ1) is 21.8. The number of carbonyl (C=O) groups excluding carboxylic acids is 1. The van der Waals surface area contributed by atoms with Crippen LogP contribution in [-0.2, 0) is 6.18 Å². The van der Waals surface area contributed by atoms with Gasteiger partial charge in [0.25, 0.3) is 5.91 Å². The predicted octanol–water partition coefficient (Wildman–Crippen LogP) is 5.38. The Morgan fingerprint density at radius 2 is 1.88 bits per heavy atom. The molecular formula is C20H12Cl2F3N5O2. The molecule has 0 aliphatic heterocycles. The first-order valence-electron chi connectivity index (χ1n) is 8.92. The Bertz CT molecular complexity index is 1320. The average molecular weight is 482 g/mol. The molecule has 3 heterocycles. The minimum atomic E-state index is -4.79. The summed E-state index contributed by atoms with van der Waals surface area (Å²) in [6.45, 7) is 0. The Hall–Kier alpha value is -3.37. The number of fused-ring (bicyclic) bond motifs is 1. The summed E-state index contributed by atoms with van der Waals surface area (Å²) < 4.78 is 46.9. The van der Waals surface area contributed by atoms with Crippen LogP contribution in [0.3, 0.4) is 0 Å². The topological polar surface area (TPSA) is 81.4 Å². The molecule has 1 amide bonds. The molecule has 164 valence electrons. The molecule has 3 aromatic heterocycles. The number of halogens is 5. The fourth-order valence-electron chi connectivity index (χ4n) is 2.91. The molecule has 0 saturated heterocycles. The number of ether oxygens (including phenoxy) is 1. The van der Waals surface area contributed by atoms with Crippen molar-refractivity contribution in [2.24, 2.45) is 0 Å². The van der Waals surface area contributed by atoms with Crippen LogP contribution in [0.2, 0.25) is 10.2 Å². The predicted molar refractivity (Wildman–Crippen MR) is 112 cm³/mol. The SMILES string of the molecule is COc1ccc(-c2cc(C(F)(F)F)n3nc(C(=O)Nc4cccnc4Cl)c(Cl)c3n2)cc1. The number of methoxy groups -OCH3 is 1. The van der Waals surface area contributed by atoms with E-state index in [1.165, 1.54) is 25.4 Å². The third kappa shape index (κ3) is 4.06. The van der Waals surface area contributed by atoms with Crippen molar-refractivity contribution in [3.8, 4) is 17.0 Å². The van der Waals surface area contributed by atoms with Crippen LogP contribution in [-0.4, -0.2) is 32.6 Å². The number of rotatable bonds is 4. The molecule has 0 unspecified atom stereocenters. The molecule has 0 fully saturated rings. The van der Waals surface area contributed by atoms with Crippen LogP contribution in [0.5, 0.6) is 5.75 Å². The lowest BCUT2D eigenvalue weighted by molar-refractivity contribution is -0.142. The van der Waals surface area contributed by atoms with Gasteiger partial charge in [0.1, 0.15) is 10.8 Å². The Morgan fingerprint density at radius 3 is 2.50 bits per heavy atom. The van der Waals surface area contributed by atoms with Gasteiger partial charge in [-0.15, -0.1) is 0 Å². The maximum absolute atomic E-state index is 13.8. The van der Waals surface area contributed by atoms with E-state index in [0.29, 0.717) is 15.8 Å². The summed E-state index contributed by atoms with van der Waals surface area (Å²) in [4.78, 5) is 20.7. The van der Waals surface area contributed by atoms with E-state index in [9.17, 15) is 18.0 Å². The molecule has 1 aromatic carbocycles. The van der Waals surface area contributed by atoms with E-state index in [0.717, 1.165) is 6.07 Å². The summed E-state index contributed by atoms with van der Waals surface area (Å²) in [5.74, 6) is -0.337. The van der Waals surface area contributed by atoms with Gasteiger partial charge >= 0.3 is 6.18 Å². The van der Waals surface area contributed by atoms with Gasteiger partial charge in [-0.3, -0.25) is 4.79 Å². The fraction of sp³-hybridized carbons (Fsp3) is 0.100. The second-order valence-electron chi connectivity index (χ2n) is 6.45. The van der Waals surface area contributed by atoms with Crippen LogP contribution in [0.25, 0.3) is 16.9 Å². The van der Waals surface area contributed by atoms with Crippen LogP contribution in [0, 0.1) is 0 Å². The van der Waals surface area contributed by atoms with E-state index in [1.54, 1.807) is 24.3 Å². The molecule has 32 heavy (non-hydrogen) atoms. The summed E-state index contributed by atoms with van der Waals surface area (Å²) >= 11 is 12.2. The number of carbonyl (C=O) groups is 1. The molecule has 7 nitrogen and oxygen atoms in total. The normalized spacial score (nSPS) is 11.6.